The number of esters is 1. The largest absolute Gasteiger partial charge is 0.468 e. The van der Waals surface area contributed by atoms with Gasteiger partial charge in [0, 0.05) is 6.04 Å². The number of nitrogens with zero attached hydrogens (tertiary/aromatic N) is 1. The summed E-state index contributed by atoms with van der Waals surface area (Å²) >= 11 is 0. The van der Waals surface area contributed by atoms with E-state index in [2.05, 4.69) is 31.0 Å². The van der Waals surface area contributed by atoms with Gasteiger partial charge in [-0.2, -0.15) is 0 Å². The molecule has 0 aromatic heterocycles. The highest BCUT2D eigenvalue weighted by atomic mass is 16.5. The normalized spacial score (nSPS) is 14.7. The Morgan fingerprint density at radius 3 is 2.37 bits per heavy atom. The summed E-state index contributed by atoms with van der Waals surface area (Å²) in [4.78, 5) is 14.3. The Balaban J connectivity index is 4.17. The van der Waals surface area contributed by atoms with Crippen LogP contribution in [0.2, 0.25) is 0 Å². The highest BCUT2D eigenvalue weighted by molar-refractivity contribution is 5.80. The van der Waals surface area contributed by atoms with Gasteiger partial charge >= 0.3 is 5.97 Å². The maximum absolute atomic E-state index is 11.8. The van der Waals surface area contributed by atoms with Crippen molar-refractivity contribution in [1.82, 2.24) is 10.2 Å². The summed E-state index contributed by atoms with van der Waals surface area (Å²) in [6.45, 7) is 13.5. The molecule has 0 aromatic carbocycles. The first-order chi connectivity index (χ1) is 8.91. The minimum absolute atomic E-state index is 0.162. The second kappa shape index (κ2) is 9.32. The Kier molecular flexibility index (Phi) is 9.02. The number of methoxy groups -OCH3 is 1. The van der Waals surface area contributed by atoms with E-state index in [0.29, 0.717) is 6.04 Å². The average Bonchev–Trinajstić information content (AvgIpc) is 2.37. The molecule has 0 aromatic rings. The van der Waals surface area contributed by atoms with Crippen molar-refractivity contribution in [2.24, 2.45) is 0 Å². The van der Waals surface area contributed by atoms with Gasteiger partial charge in [-0.3, -0.25) is 4.79 Å². The monoisotopic (exact) mass is 272 g/mol. The predicted molar refractivity (Wildman–Crippen MR) is 80.3 cm³/mol. The van der Waals surface area contributed by atoms with Crippen LogP contribution in [0.1, 0.15) is 53.9 Å². The molecule has 1 unspecified atom stereocenters. The topological polar surface area (TPSA) is 41.6 Å². The van der Waals surface area contributed by atoms with E-state index in [1.807, 2.05) is 13.8 Å². The van der Waals surface area contributed by atoms with E-state index in [4.69, 9.17) is 4.74 Å². The lowest BCUT2D eigenvalue weighted by molar-refractivity contribution is -0.148. The van der Waals surface area contributed by atoms with Crippen molar-refractivity contribution in [2.75, 3.05) is 26.7 Å². The van der Waals surface area contributed by atoms with Gasteiger partial charge in [0.25, 0.3) is 0 Å². The van der Waals surface area contributed by atoms with E-state index in [1.165, 1.54) is 7.11 Å². The Morgan fingerprint density at radius 2 is 1.95 bits per heavy atom. The molecule has 0 saturated heterocycles. The predicted octanol–water partition coefficient (Wildman–Crippen LogP) is 2.43. The van der Waals surface area contributed by atoms with Gasteiger partial charge in [0.15, 0.2) is 0 Å². The molecule has 114 valence electrons. The average molecular weight is 272 g/mol. The molecule has 1 atom stereocenters. The van der Waals surface area contributed by atoms with Gasteiger partial charge in [0.2, 0.25) is 0 Å². The quantitative estimate of drug-likeness (QED) is 0.490. The zero-order valence-electron chi connectivity index (χ0n) is 13.6. The van der Waals surface area contributed by atoms with Crippen LogP contribution in [0.4, 0.5) is 0 Å². The Labute approximate surface area is 118 Å². The van der Waals surface area contributed by atoms with E-state index in [9.17, 15) is 4.79 Å². The number of carbonyl (C=O) groups excluding carboxylic acids is 1. The minimum atomic E-state index is -0.543. The summed E-state index contributed by atoms with van der Waals surface area (Å²) in [7, 11) is 1.45. The van der Waals surface area contributed by atoms with Gasteiger partial charge in [-0.05, 0) is 59.7 Å². The molecule has 0 aliphatic rings. The smallest absolute Gasteiger partial charge is 0.325 e. The number of nitrogens with one attached hydrogen (secondary N) is 1. The Bertz CT molecular complexity index is 257. The van der Waals surface area contributed by atoms with E-state index in [0.717, 1.165) is 38.9 Å². The van der Waals surface area contributed by atoms with Gasteiger partial charge in [0.1, 0.15) is 5.54 Å². The summed E-state index contributed by atoms with van der Waals surface area (Å²) in [6.07, 6.45) is 2.97. The Hall–Kier alpha value is -0.610. The van der Waals surface area contributed by atoms with Gasteiger partial charge in [0.05, 0.1) is 7.11 Å². The third-order valence-corrected chi connectivity index (χ3v) is 3.71. The molecule has 0 saturated carbocycles. The first kappa shape index (κ1) is 18.4. The molecule has 0 heterocycles. The number of likely N-dealkylation sites (N-methyl/N-ethyl adjacent to an activating group) is 1. The number of hydrogen-bond donors (Lipinski definition) is 1. The molecule has 0 aliphatic carbocycles. The first-order valence-electron chi connectivity index (χ1n) is 7.48. The highest BCUT2D eigenvalue weighted by Crippen LogP contribution is 2.16. The maximum Gasteiger partial charge on any atom is 0.325 e. The second-order valence-corrected chi connectivity index (χ2v) is 5.53. The summed E-state index contributed by atoms with van der Waals surface area (Å²) < 4.78 is 4.89. The van der Waals surface area contributed by atoms with Crippen molar-refractivity contribution in [3.63, 3.8) is 0 Å². The molecular weight excluding hydrogens is 240 g/mol. The van der Waals surface area contributed by atoms with E-state index >= 15 is 0 Å². The lowest BCUT2D eigenvalue weighted by atomic mass is 9.94. The van der Waals surface area contributed by atoms with Crippen LogP contribution in [0.5, 0.6) is 0 Å². The fourth-order valence-electron chi connectivity index (χ4n) is 2.45. The number of ether oxygens (including phenoxy) is 1. The molecule has 0 fully saturated rings. The van der Waals surface area contributed by atoms with Crippen molar-refractivity contribution in [2.45, 2.75) is 65.5 Å². The van der Waals surface area contributed by atoms with Crippen LogP contribution in [0.15, 0.2) is 0 Å². The molecule has 0 spiro atoms. The molecule has 1 N–H and O–H groups in total. The minimum Gasteiger partial charge on any atom is -0.468 e. The summed E-state index contributed by atoms with van der Waals surface area (Å²) in [5.74, 6) is -0.162. The third kappa shape index (κ3) is 6.39. The van der Waals surface area contributed by atoms with Crippen molar-refractivity contribution in [3.8, 4) is 0 Å². The van der Waals surface area contributed by atoms with Gasteiger partial charge in [-0.25, -0.2) is 0 Å². The fraction of sp³-hybridized carbons (Fsp3) is 0.933. The molecule has 4 nitrogen and oxygen atoms in total. The molecule has 4 heteroatoms. The van der Waals surface area contributed by atoms with Crippen LogP contribution in [0.25, 0.3) is 0 Å². The molecule has 0 aliphatic heterocycles. The number of rotatable bonds is 10. The first-order valence-corrected chi connectivity index (χ1v) is 7.48. The van der Waals surface area contributed by atoms with Crippen LogP contribution in [0, 0.1) is 0 Å². The maximum atomic E-state index is 11.8. The molecule has 0 bridgehead atoms. The molecule has 0 radical (unpaired) electrons. The lowest BCUT2D eigenvalue weighted by Crippen LogP contribution is -2.50. The third-order valence-electron chi connectivity index (χ3n) is 3.71. The molecular formula is C15H32N2O2. The lowest BCUT2D eigenvalue weighted by Gasteiger charge is -2.29. The van der Waals surface area contributed by atoms with E-state index < -0.39 is 5.54 Å². The highest BCUT2D eigenvalue weighted by Gasteiger charge is 2.32. The van der Waals surface area contributed by atoms with E-state index in [1.54, 1.807) is 0 Å². The van der Waals surface area contributed by atoms with Crippen LogP contribution in [-0.2, 0) is 9.53 Å². The van der Waals surface area contributed by atoms with Crippen LogP contribution in [0.3, 0.4) is 0 Å². The number of unbranched alkanes of at least 4 members (excludes halogenated alkanes) is 1. The van der Waals surface area contributed by atoms with Gasteiger partial charge in [-0.1, -0.05) is 13.8 Å². The number of hydrogen-bond acceptors (Lipinski definition) is 4. The van der Waals surface area contributed by atoms with Crippen LogP contribution < -0.4 is 5.32 Å². The Morgan fingerprint density at radius 1 is 1.32 bits per heavy atom. The van der Waals surface area contributed by atoms with Crippen LogP contribution >= 0.6 is 0 Å². The van der Waals surface area contributed by atoms with Gasteiger partial charge < -0.3 is 15.0 Å². The van der Waals surface area contributed by atoms with Crippen molar-refractivity contribution in [3.05, 3.63) is 0 Å². The molecule has 0 amide bonds. The van der Waals surface area contributed by atoms with Crippen molar-refractivity contribution >= 4 is 5.97 Å². The van der Waals surface area contributed by atoms with Crippen molar-refractivity contribution in [1.29, 1.82) is 0 Å². The second-order valence-electron chi connectivity index (χ2n) is 5.53. The SMILES string of the molecule is CCNC(C)(CCCCN(CC)C(C)C)C(=O)OC. The summed E-state index contributed by atoms with van der Waals surface area (Å²) in [5, 5.41) is 3.25. The molecule has 0 rings (SSSR count). The van der Waals surface area contributed by atoms with Gasteiger partial charge in [-0.15, -0.1) is 0 Å². The zero-order valence-corrected chi connectivity index (χ0v) is 13.6. The fourth-order valence-corrected chi connectivity index (χ4v) is 2.45. The van der Waals surface area contributed by atoms with Crippen LogP contribution in [-0.4, -0.2) is 49.2 Å². The molecule has 19 heavy (non-hydrogen) atoms. The zero-order chi connectivity index (χ0) is 14.9. The summed E-state index contributed by atoms with van der Waals surface area (Å²) in [5.41, 5.74) is -0.543. The van der Waals surface area contributed by atoms with Crippen molar-refractivity contribution < 1.29 is 9.53 Å². The standard InChI is InChI=1S/C15H32N2O2/c1-7-16-15(5,14(18)19-6)11-9-10-12-17(8-2)13(3)4/h13,16H,7-12H2,1-6H3. The number of carbonyl (C=O) groups is 1. The van der Waals surface area contributed by atoms with E-state index in [-0.39, 0.29) is 5.97 Å². The summed E-state index contributed by atoms with van der Waals surface area (Å²) in [6, 6.07) is 0.589.